The number of hydrogen-bond acceptors (Lipinski definition) is 3. The minimum atomic E-state index is -1.29. The number of carboxylic acids is 1. The van der Waals surface area contributed by atoms with Gasteiger partial charge < -0.3 is 15.7 Å². The summed E-state index contributed by atoms with van der Waals surface area (Å²) in [5.41, 5.74) is 0.961. The molecule has 3 N–H and O–H groups in total. The van der Waals surface area contributed by atoms with Crippen molar-refractivity contribution in [3.05, 3.63) is 83.2 Å². The summed E-state index contributed by atoms with van der Waals surface area (Å²) in [6.45, 7) is 1.27. The average Bonchev–Trinajstić information content (AvgIpc) is 2.62. The van der Waals surface area contributed by atoms with Gasteiger partial charge in [0, 0.05) is 6.92 Å². The summed E-state index contributed by atoms with van der Waals surface area (Å²) in [7, 11) is 0. The molecule has 26 heavy (non-hydrogen) atoms. The van der Waals surface area contributed by atoms with Gasteiger partial charge in [-0.05, 0) is 23.3 Å². The molecular weight excluding hydrogens is 332 g/mol. The molecule has 6 heteroatoms. The molecule has 0 aromatic heterocycles. The largest absolute Gasteiger partial charge is 0.477 e. The summed E-state index contributed by atoms with van der Waals surface area (Å²) in [6, 6.07) is 17.6. The molecule has 0 radical (unpaired) electrons. The Morgan fingerprint density at radius 3 is 1.65 bits per heavy atom. The van der Waals surface area contributed by atoms with Gasteiger partial charge in [0.25, 0.3) is 5.91 Å². The van der Waals surface area contributed by atoms with Crippen molar-refractivity contribution in [1.82, 2.24) is 10.6 Å². The van der Waals surface area contributed by atoms with E-state index in [4.69, 9.17) is 0 Å². The Morgan fingerprint density at radius 2 is 1.23 bits per heavy atom. The number of nitrogens with one attached hydrogen (secondary N) is 2. The molecule has 2 rings (SSSR count). The Hall–Kier alpha value is -3.67. The predicted molar refractivity (Wildman–Crippen MR) is 98.4 cm³/mol. The summed E-state index contributed by atoms with van der Waals surface area (Å²) < 4.78 is 0. The molecule has 2 amide bonds. The summed E-state index contributed by atoms with van der Waals surface area (Å²) in [6.07, 6.45) is 2.81. The number of carboxylic acid groups (broad SMARTS) is 1. The molecule has 0 aliphatic heterocycles. The van der Waals surface area contributed by atoms with Gasteiger partial charge in [0.05, 0.1) is 0 Å². The predicted octanol–water partition coefficient (Wildman–Crippen LogP) is 2.41. The van der Waals surface area contributed by atoms with Gasteiger partial charge in [-0.3, -0.25) is 9.59 Å². The Labute approximate surface area is 150 Å². The summed E-state index contributed by atoms with van der Waals surface area (Å²) in [5.74, 6) is -2.45. The molecule has 0 spiro atoms. The van der Waals surface area contributed by atoms with Crippen LogP contribution in [-0.4, -0.2) is 22.9 Å². The van der Waals surface area contributed by atoms with E-state index in [1.54, 1.807) is 54.6 Å². The third-order valence-electron chi connectivity index (χ3n) is 3.26. The quantitative estimate of drug-likeness (QED) is 0.697. The number of benzene rings is 2. The highest BCUT2D eigenvalue weighted by atomic mass is 16.4. The zero-order valence-corrected chi connectivity index (χ0v) is 14.1. The molecule has 6 nitrogen and oxygen atoms in total. The van der Waals surface area contributed by atoms with Gasteiger partial charge in [-0.1, -0.05) is 60.7 Å². The van der Waals surface area contributed by atoms with Crippen LogP contribution < -0.4 is 10.6 Å². The Balaban J connectivity index is 2.29. The van der Waals surface area contributed by atoms with E-state index in [1.165, 1.54) is 19.1 Å². The van der Waals surface area contributed by atoms with Crippen LogP contribution in [0.25, 0.3) is 12.2 Å². The van der Waals surface area contributed by atoms with Crippen molar-refractivity contribution in [3.63, 3.8) is 0 Å². The number of hydrogen-bond donors (Lipinski definition) is 3. The van der Waals surface area contributed by atoms with E-state index in [-0.39, 0.29) is 11.4 Å². The van der Waals surface area contributed by atoms with Crippen LogP contribution in [0.15, 0.2) is 72.1 Å². The Morgan fingerprint density at radius 1 is 0.769 bits per heavy atom. The van der Waals surface area contributed by atoms with Crippen molar-refractivity contribution in [2.75, 3.05) is 0 Å². The number of carbonyl (C=O) groups excluding carboxylic acids is 2. The molecule has 2 aromatic rings. The smallest absolute Gasteiger partial charge is 0.352 e. The van der Waals surface area contributed by atoms with Gasteiger partial charge >= 0.3 is 5.97 Å². The van der Waals surface area contributed by atoms with Crippen molar-refractivity contribution in [3.8, 4) is 0 Å². The van der Waals surface area contributed by atoms with Crippen molar-refractivity contribution >= 4 is 29.9 Å². The lowest BCUT2D eigenvalue weighted by molar-refractivity contribution is -0.134. The first kappa shape index (κ1) is 18.7. The van der Waals surface area contributed by atoms with Gasteiger partial charge in [-0.2, -0.15) is 0 Å². The van der Waals surface area contributed by atoms with Crippen LogP contribution in [0.5, 0.6) is 0 Å². The van der Waals surface area contributed by atoms with E-state index in [0.717, 1.165) is 0 Å². The Bertz CT molecular complexity index is 856. The molecule has 0 saturated heterocycles. The van der Waals surface area contributed by atoms with E-state index in [2.05, 4.69) is 10.6 Å². The van der Waals surface area contributed by atoms with Crippen LogP contribution in [0.3, 0.4) is 0 Å². The van der Waals surface area contributed by atoms with Crippen LogP contribution in [0.4, 0.5) is 0 Å². The van der Waals surface area contributed by atoms with E-state index in [1.807, 2.05) is 6.07 Å². The van der Waals surface area contributed by atoms with E-state index < -0.39 is 17.8 Å². The maximum absolute atomic E-state index is 12.5. The van der Waals surface area contributed by atoms with Crippen LogP contribution >= 0.6 is 0 Å². The lowest BCUT2D eigenvalue weighted by Crippen LogP contribution is -2.35. The standard InChI is InChI=1S/C20H18N2O4/c1-14(23)21-17(12-15-8-4-2-5-9-15)19(24)22-18(20(25)26)13-16-10-6-3-7-11-16/h2-13H,1H3,(H,21,23)(H,22,24)(H,25,26). The fourth-order valence-electron chi connectivity index (χ4n) is 2.12. The third-order valence-corrected chi connectivity index (χ3v) is 3.26. The molecule has 0 atom stereocenters. The van der Waals surface area contributed by atoms with Gasteiger partial charge in [-0.25, -0.2) is 4.79 Å². The van der Waals surface area contributed by atoms with E-state index >= 15 is 0 Å². The Kier molecular flexibility index (Phi) is 6.45. The van der Waals surface area contributed by atoms with Crippen molar-refractivity contribution in [2.24, 2.45) is 0 Å². The monoisotopic (exact) mass is 350 g/mol. The topological polar surface area (TPSA) is 95.5 Å². The highest BCUT2D eigenvalue weighted by Gasteiger charge is 2.16. The highest BCUT2D eigenvalue weighted by molar-refractivity contribution is 6.06. The van der Waals surface area contributed by atoms with Gasteiger partial charge in [0.1, 0.15) is 11.4 Å². The molecule has 2 aromatic carbocycles. The van der Waals surface area contributed by atoms with Gasteiger partial charge in [0.2, 0.25) is 5.91 Å². The summed E-state index contributed by atoms with van der Waals surface area (Å²) in [4.78, 5) is 35.3. The van der Waals surface area contributed by atoms with Gasteiger partial charge in [-0.15, -0.1) is 0 Å². The molecular formula is C20H18N2O4. The zero-order chi connectivity index (χ0) is 18.9. The second kappa shape index (κ2) is 8.98. The van der Waals surface area contributed by atoms with Gasteiger partial charge in [0.15, 0.2) is 0 Å². The molecule has 0 saturated carbocycles. The first-order valence-corrected chi connectivity index (χ1v) is 7.81. The molecule has 0 bridgehead atoms. The lowest BCUT2D eigenvalue weighted by atomic mass is 10.1. The highest BCUT2D eigenvalue weighted by Crippen LogP contribution is 2.08. The molecule has 0 heterocycles. The normalized spacial score (nSPS) is 11.6. The first-order chi connectivity index (χ1) is 12.5. The second-order valence-electron chi connectivity index (χ2n) is 5.38. The number of amides is 2. The second-order valence-corrected chi connectivity index (χ2v) is 5.38. The maximum Gasteiger partial charge on any atom is 0.352 e. The van der Waals surface area contributed by atoms with Crippen LogP contribution in [0.1, 0.15) is 18.1 Å². The zero-order valence-electron chi connectivity index (χ0n) is 14.1. The van der Waals surface area contributed by atoms with E-state index in [9.17, 15) is 19.5 Å². The van der Waals surface area contributed by atoms with Crippen molar-refractivity contribution in [1.29, 1.82) is 0 Å². The molecule has 0 fully saturated rings. The maximum atomic E-state index is 12.5. The first-order valence-electron chi connectivity index (χ1n) is 7.81. The minimum absolute atomic E-state index is 0.0519. The van der Waals surface area contributed by atoms with Crippen LogP contribution in [0, 0.1) is 0 Å². The fourth-order valence-corrected chi connectivity index (χ4v) is 2.12. The summed E-state index contributed by atoms with van der Waals surface area (Å²) in [5, 5.41) is 14.1. The van der Waals surface area contributed by atoms with Crippen LogP contribution in [0.2, 0.25) is 0 Å². The summed E-state index contributed by atoms with van der Waals surface area (Å²) >= 11 is 0. The van der Waals surface area contributed by atoms with Crippen molar-refractivity contribution in [2.45, 2.75) is 6.92 Å². The third kappa shape index (κ3) is 5.76. The number of carbonyl (C=O) groups is 3. The molecule has 0 unspecified atom stereocenters. The van der Waals surface area contributed by atoms with E-state index in [0.29, 0.717) is 11.1 Å². The lowest BCUT2D eigenvalue weighted by Gasteiger charge is -2.10. The number of aliphatic carboxylic acids is 1. The molecule has 0 aliphatic carbocycles. The average molecular weight is 350 g/mol. The number of rotatable bonds is 6. The minimum Gasteiger partial charge on any atom is -0.477 e. The molecule has 0 aliphatic rings. The van der Waals surface area contributed by atoms with Crippen molar-refractivity contribution < 1.29 is 19.5 Å². The fraction of sp³-hybridized carbons (Fsp3) is 0.0500. The van der Waals surface area contributed by atoms with Crippen LogP contribution in [-0.2, 0) is 14.4 Å². The molecule has 132 valence electrons. The SMILES string of the molecule is CC(=O)NC(=Cc1ccccc1)C(=O)NC(=Cc1ccccc1)C(=O)O.